The molecule has 1 aliphatic rings. The summed E-state index contributed by atoms with van der Waals surface area (Å²) in [5.74, 6) is 2.80. The molecular weight excluding hydrogens is 390 g/mol. The molecule has 162 valence electrons. The average Bonchev–Trinajstić information content (AvgIpc) is 2.72. The van der Waals surface area contributed by atoms with E-state index >= 15 is 0 Å². The Balaban J connectivity index is 1.67. The Labute approximate surface area is 182 Å². The van der Waals surface area contributed by atoms with Crippen molar-refractivity contribution in [1.82, 2.24) is 0 Å². The second-order valence-corrected chi connectivity index (χ2v) is 8.94. The molecule has 3 aromatic rings. The molecule has 0 saturated heterocycles. The van der Waals surface area contributed by atoms with Crippen LogP contribution >= 0.6 is 0 Å². The summed E-state index contributed by atoms with van der Waals surface area (Å²) in [7, 11) is 0. The van der Waals surface area contributed by atoms with Gasteiger partial charge >= 0.3 is 0 Å². The van der Waals surface area contributed by atoms with Gasteiger partial charge < -0.3 is 14.3 Å². The first-order valence-electron chi connectivity index (χ1n) is 10.8. The molecule has 5 nitrogen and oxygen atoms in total. The van der Waals surface area contributed by atoms with E-state index in [2.05, 4.69) is 19.9 Å². The molecule has 31 heavy (non-hydrogen) atoms. The lowest BCUT2D eigenvalue weighted by Crippen LogP contribution is -2.33. The molecule has 2 aromatic carbocycles. The van der Waals surface area contributed by atoms with Crippen molar-refractivity contribution in [2.75, 3.05) is 0 Å². The third-order valence-corrected chi connectivity index (χ3v) is 6.79. The molecule has 1 saturated carbocycles. The van der Waals surface area contributed by atoms with Gasteiger partial charge in [0.1, 0.15) is 17.1 Å². The van der Waals surface area contributed by atoms with Gasteiger partial charge in [-0.05, 0) is 68.2 Å². The number of phenolic OH excluding ortho intramolecular Hbond substituents is 1. The zero-order valence-electron chi connectivity index (χ0n) is 18.4. The highest BCUT2D eigenvalue weighted by molar-refractivity contribution is 5.95. The van der Waals surface area contributed by atoms with Crippen LogP contribution in [0.1, 0.15) is 39.7 Å². The number of hydrogen-bond donors (Lipinski definition) is 2. The van der Waals surface area contributed by atoms with Gasteiger partial charge in [-0.3, -0.25) is 10.2 Å². The van der Waals surface area contributed by atoms with Crippen LogP contribution in [0.15, 0.2) is 46.9 Å². The Morgan fingerprint density at radius 3 is 2.61 bits per heavy atom. The van der Waals surface area contributed by atoms with Crippen LogP contribution in [0, 0.1) is 23.2 Å². The number of carbonyl (C=O) groups is 1. The summed E-state index contributed by atoms with van der Waals surface area (Å²) < 4.78 is 11.2. The van der Waals surface area contributed by atoms with Gasteiger partial charge in [-0.1, -0.05) is 26.0 Å². The van der Waals surface area contributed by atoms with Crippen LogP contribution in [0.3, 0.4) is 0 Å². The Morgan fingerprint density at radius 1 is 1.19 bits per heavy atom. The minimum Gasteiger partial charge on any atom is -0.507 e. The minimum atomic E-state index is -0.561. The molecule has 1 aromatic heterocycles. The van der Waals surface area contributed by atoms with E-state index in [0.717, 1.165) is 34.8 Å². The Kier molecular flexibility index (Phi) is 5.61. The molecular formula is C26H29NO4. The van der Waals surface area contributed by atoms with E-state index in [4.69, 9.17) is 14.6 Å². The maximum absolute atomic E-state index is 11.5. The van der Waals surface area contributed by atoms with Crippen molar-refractivity contribution in [3.63, 3.8) is 0 Å². The lowest BCUT2D eigenvalue weighted by Gasteiger charge is -2.41. The fourth-order valence-electron chi connectivity index (χ4n) is 4.43. The topological polar surface area (TPSA) is 83.5 Å². The van der Waals surface area contributed by atoms with E-state index < -0.39 is 6.10 Å². The van der Waals surface area contributed by atoms with E-state index in [9.17, 15) is 9.90 Å². The Morgan fingerprint density at radius 2 is 1.97 bits per heavy atom. The molecule has 2 N–H and O–H groups in total. The molecule has 0 amide bonds. The highest BCUT2D eigenvalue weighted by Gasteiger charge is 2.34. The first-order chi connectivity index (χ1) is 14.7. The van der Waals surface area contributed by atoms with Crippen molar-refractivity contribution < 1.29 is 19.1 Å². The minimum absolute atomic E-state index is 0.0139. The molecule has 0 bridgehead atoms. The zero-order chi connectivity index (χ0) is 22.3. The highest BCUT2D eigenvalue weighted by Crippen LogP contribution is 2.42. The maximum atomic E-state index is 11.5. The number of ether oxygens (including phenoxy) is 1. The third-order valence-electron chi connectivity index (χ3n) is 6.79. The van der Waals surface area contributed by atoms with Crippen molar-refractivity contribution in [3.8, 4) is 22.6 Å². The van der Waals surface area contributed by atoms with Crippen LogP contribution in [0.25, 0.3) is 22.1 Å². The van der Waals surface area contributed by atoms with Gasteiger partial charge in [-0.25, -0.2) is 0 Å². The van der Waals surface area contributed by atoms with Gasteiger partial charge in [0, 0.05) is 28.6 Å². The van der Waals surface area contributed by atoms with E-state index in [-0.39, 0.29) is 17.1 Å². The van der Waals surface area contributed by atoms with Gasteiger partial charge in [0.2, 0.25) is 5.55 Å². The van der Waals surface area contributed by atoms with Crippen molar-refractivity contribution in [2.24, 2.45) is 17.8 Å². The van der Waals surface area contributed by atoms with E-state index in [0.29, 0.717) is 22.8 Å². The summed E-state index contributed by atoms with van der Waals surface area (Å²) >= 11 is 0. The normalized spacial score (nSPS) is 21.5. The van der Waals surface area contributed by atoms with Crippen LogP contribution in [-0.4, -0.2) is 17.0 Å². The average molecular weight is 420 g/mol. The first kappa shape index (κ1) is 21.2. The van der Waals surface area contributed by atoms with Crippen LogP contribution in [0.5, 0.6) is 11.5 Å². The number of phenols is 1. The number of Topliss-reactive ketones (excluding diaryl/α,β-unsaturated/α-hetero) is 1. The van der Waals surface area contributed by atoms with E-state index in [1.54, 1.807) is 25.1 Å². The molecule has 1 fully saturated rings. The van der Waals surface area contributed by atoms with Crippen molar-refractivity contribution in [3.05, 3.63) is 53.6 Å². The second kappa shape index (κ2) is 8.22. The van der Waals surface area contributed by atoms with Crippen molar-refractivity contribution in [1.29, 1.82) is 5.41 Å². The fourth-order valence-corrected chi connectivity index (χ4v) is 4.43. The summed E-state index contributed by atoms with van der Waals surface area (Å²) in [6.07, 6.45) is 1.65. The molecule has 4 atom stereocenters. The Hall–Kier alpha value is -3.08. The molecule has 1 heterocycles. The standard InChI is InChI=1S/C26H29NO4/c1-14-9-19(15(14)2)10-18-5-7-21(24(29)11-18)23-13-26(27)31-25-12-20(6-8-22(23)25)30-17(4)16(3)28/h5-8,11-15,17,19,27,29H,9-10H2,1-4H3/t14?,15?,17-,19?/m1/s1. The molecule has 5 heteroatoms. The first-order valence-corrected chi connectivity index (χ1v) is 10.8. The molecule has 0 radical (unpaired) electrons. The van der Waals surface area contributed by atoms with Gasteiger partial charge in [0.05, 0.1) is 0 Å². The number of ketones is 1. The number of aromatic hydroxyl groups is 1. The number of rotatable bonds is 6. The molecule has 1 aliphatic carbocycles. The SMILES string of the molecule is CC(=O)[C@@H](C)Oc1ccc2c(-c3ccc(CC4CC(C)C4C)cc3O)cc(=N)oc2c1. The summed E-state index contributed by atoms with van der Waals surface area (Å²) in [6, 6.07) is 12.7. The van der Waals surface area contributed by atoms with Crippen LogP contribution in [0.4, 0.5) is 0 Å². The zero-order valence-corrected chi connectivity index (χ0v) is 18.4. The molecule has 3 unspecified atom stereocenters. The van der Waals surface area contributed by atoms with E-state index in [1.807, 2.05) is 18.2 Å². The van der Waals surface area contributed by atoms with E-state index in [1.165, 1.54) is 13.3 Å². The molecule has 4 rings (SSSR count). The summed E-state index contributed by atoms with van der Waals surface area (Å²) in [6.45, 7) is 7.77. The number of benzene rings is 2. The lowest BCUT2D eigenvalue weighted by atomic mass is 9.64. The van der Waals surface area contributed by atoms with Crippen LogP contribution in [-0.2, 0) is 11.2 Å². The van der Waals surface area contributed by atoms with Crippen molar-refractivity contribution >= 4 is 16.8 Å². The predicted octanol–water partition coefficient (Wildman–Crippen LogP) is 5.48. The van der Waals surface area contributed by atoms with Crippen LogP contribution < -0.4 is 10.3 Å². The van der Waals surface area contributed by atoms with Gasteiger partial charge in [-0.15, -0.1) is 0 Å². The molecule has 0 spiro atoms. The van der Waals surface area contributed by atoms with Gasteiger partial charge in [0.25, 0.3) is 0 Å². The Bertz CT molecular complexity index is 1200. The quantitative estimate of drug-likeness (QED) is 0.554. The summed E-state index contributed by atoms with van der Waals surface area (Å²) in [4.78, 5) is 11.5. The predicted molar refractivity (Wildman–Crippen MR) is 120 cm³/mol. The number of carbonyl (C=O) groups excluding carboxylic acids is 1. The third kappa shape index (κ3) is 4.22. The lowest BCUT2D eigenvalue weighted by molar-refractivity contribution is -0.122. The smallest absolute Gasteiger partial charge is 0.212 e. The fraction of sp³-hybridized carbons (Fsp3) is 0.385. The highest BCUT2D eigenvalue weighted by atomic mass is 16.5. The van der Waals surface area contributed by atoms with Gasteiger partial charge in [0.15, 0.2) is 11.9 Å². The number of nitrogens with one attached hydrogen (secondary N) is 1. The summed E-state index contributed by atoms with van der Waals surface area (Å²) in [5, 5.41) is 19.6. The van der Waals surface area contributed by atoms with Gasteiger partial charge in [-0.2, -0.15) is 0 Å². The maximum Gasteiger partial charge on any atom is 0.212 e. The largest absolute Gasteiger partial charge is 0.507 e. The van der Waals surface area contributed by atoms with Crippen LogP contribution in [0.2, 0.25) is 0 Å². The number of fused-ring (bicyclic) bond motifs is 1. The summed E-state index contributed by atoms with van der Waals surface area (Å²) in [5.41, 5.74) is 2.98. The second-order valence-electron chi connectivity index (χ2n) is 8.94. The van der Waals surface area contributed by atoms with Crippen molar-refractivity contribution in [2.45, 2.75) is 46.6 Å². The number of hydrogen-bond acceptors (Lipinski definition) is 5. The monoisotopic (exact) mass is 419 g/mol. The molecule has 0 aliphatic heterocycles.